The lowest BCUT2D eigenvalue weighted by atomic mass is 9.83. The topological polar surface area (TPSA) is 80.6 Å². The number of hydrogen-bond acceptors (Lipinski definition) is 5. The van der Waals surface area contributed by atoms with Gasteiger partial charge in [-0.2, -0.15) is 0 Å². The lowest BCUT2D eigenvalue weighted by Gasteiger charge is -2.42. The molecule has 2 bridgehead atoms. The number of Topliss-reactive ketones (excluding diaryl/α,β-unsaturated/α-hetero) is 1. The summed E-state index contributed by atoms with van der Waals surface area (Å²) >= 11 is 0. The normalized spacial score (nSPS) is 23.2. The summed E-state index contributed by atoms with van der Waals surface area (Å²) in [6.45, 7) is 2.64. The van der Waals surface area contributed by atoms with Crippen molar-refractivity contribution < 1.29 is 14.3 Å². The van der Waals surface area contributed by atoms with Crippen LogP contribution >= 0.6 is 0 Å². The van der Waals surface area contributed by atoms with Crippen LogP contribution in [0.5, 0.6) is 5.75 Å². The van der Waals surface area contributed by atoms with E-state index in [0.717, 1.165) is 31.7 Å². The second kappa shape index (κ2) is 6.60. The zero-order valence-electron chi connectivity index (χ0n) is 15.4. The van der Waals surface area contributed by atoms with E-state index in [0.29, 0.717) is 29.5 Å². The highest BCUT2D eigenvalue weighted by Crippen LogP contribution is 2.35. The molecule has 1 aromatic carbocycles. The summed E-state index contributed by atoms with van der Waals surface area (Å²) in [5.41, 5.74) is 2.26. The van der Waals surface area contributed by atoms with E-state index in [1.165, 1.54) is 0 Å². The first kappa shape index (κ1) is 17.2. The maximum absolute atomic E-state index is 12.8. The number of anilines is 1. The molecular formula is C21H21N3O4. The van der Waals surface area contributed by atoms with Crippen molar-refractivity contribution in [2.75, 3.05) is 31.6 Å². The number of aromatic nitrogens is 1. The van der Waals surface area contributed by atoms with Crippen molar-refractivity contribution in [3.05, 3.63) is 58.0 Å². The van der Waals surface area contributed by atoms with Gasteiger partial charge in [-0.25, -0.2) is 0 Å². The summed E-state index contributed by atoms with van der Waals surface area (Å²) in [4.78, 5) is 38.7. The fraction of sp³-hybridized carbons (Fsp3) is 0.381. The minimum Gasteiger partial charge on any atom is -0.482 e. The molecule has 0 unspecified atom stereocenters. The molecule has 7 nitrogen and oxygen atoms in total. The number of pyridine rings is 1. The predicted octanol–water partition coefficient (Wildman–Crippen LogP) is 1.48. The number of amides is 1. The summed E-state index contributed by atoms with van der Waals surface area (Å²) in [7, 11) is 0. The Hall–Kier alpha value is -2.93. The number of ether oxygens (including phenoxy) is 1. The number of rotatable bonds is 3. The van der Waals surface area contributed by atoms with Gasteiger partial charge in [0.2, 0.25) is 0 Å². The number of likely N-dealkylation sites (tertiary alicyclic amines) is 1. The van der Waals surface area contributed by atoms with Gasteiger partial charge in [0.05, 0.1) is 12.2 Å². The van der Waals surface area contributed by atoms with Crippen molar-refractivity contribution in [2.45, 2.75) is 18.9 Å². The third-order valence-corrected chi connectivity index (χ3v) is 5.86. The molecule has 4 heterocycles. The third kappa shape index (κ3) is 3.01. The molecule has 7 heteroatoms. The second-order valence-corrected chi connectivity index (χ2v) is 7.86. The zero-order chi connectivity index (χ0) is 19.3. The molecule has 3 aliphatic heterocycles. The average molecular weight is 379 g/mol. The summed E-state index contributed by atoms with van der Waals surface area (Å²) in [5, 5.41) is 2.75. The van der Waals surface area contributed by atoms with Crippen LogP contribution < -0.4 is 15.6 Å². The highest BCUT2D eigenvalue weighted by molar-refractivity contribution is 6.01. The van der Waals surface area contributed by atoms with Gasteiger partial charge in [0, 0.05) is 42.9 Å². The van der Waals surface area contributed by atoms with Gasteiger partial charge in [0.15, 0.2) is 12.4 Å². The Balaban J connectivity index is 1.32. The Morgan fingerprint density at radius 2 is 2.04 bits per heavy atom. The first-order chi connectivity index (χ1) is 13.6. The number of nitrogens with one attached hydrogen (secondary N) is 1. The van der Waals surface area contributed by atoms with Gasteiger partial charge in [-0.05, 0) is 36.6 Å². The molecule has 2 atom stereocenters. The van der Waals surface area contributed by atoms with E-state index in [9.17, 15) is 14.4 Å². The largest absolute Gasteiger partial charge is 0.482 e. The molecule has 0 spiro atoms. The van der Waals surface area contributed by atoms with Gasteiger partial charge in [-0.15, -0.1) is 0 Å². The molecule has 5 rings (SSSR count). The number of piperidine rings is 1. The molecule has 1 N–H and O–H groups in total. The van der Waals surface area contributed by atoms with Crippen LogP contribution in [0.1, 0.15) is 28.4 Å². The minimum atomic E-state index is -0.213. The Bertz CT molecular complexity index is 1030. The van der Waals surface area contributed by atoms with Crippen molar-refractivity contribution in [3.63, 3.8) is 0 Å². The predicted molar refractivity (Wildman–Crippen MR) is 103 cm³/mol. The number of carbonyl (C=O) groups is 2. The first-order valence-corrected chi connectivity index (χ1v) is 9.59. The third-order valence-electron chi connectivity index (χ3n) is 5.86. The van der Waals surface area contributed by atoms with Gasteiger partial charge >= 0.3 is 0 Å². The van der Waals surface area contributed by atoms with E-state index in [1.54, 1.807) is 24.3 Å². The van der Waals surface area contributed by atoms with Gasteiger partial charge in [0.1, 0.15) is 5.75 Å². The zero-order valence-corrected chi connectivity index (χ0v) is 15.4. The second-order valence-electron chi connectivity index (χ2n) is 7.86. The lowest BCUT2D eigenvalue weighted by molar-refractivity contribution is -0.118. The monoisotopic (exact) mass is 379 g/mol. The SMILES string of the molecule is O=C1COc2ccc(C(=O)CN3C[C@@H]4C[C@@H](C3)c3cccc(=O)n3C4)cc2N1. The van der Waals surface area contributed by atoms with Gasteiger partial charge in [-0.1, -0.05) is 6.07 Å². The molecule has 1 saturated heterocycles. The summed E-state index contributed by atoms with van der Waals surface area (Å²) < 4.78 is 7.25. The molecule has 1 aromatic heterocycles. The van der Waals surface area contributed by atoms with Crippen LogP contribution in [0.2, 0.25) is 0 Å². The van der Waals surface area contributed by atoms with Crippen molar-refractivity contribution in [2.24, 2.45) is 5.92 Å². The highest BCUT2D eigenvalue weighted by Gasteiger charge is 2.35. The van der Waals surface area contributed by atoms with Crippen LogP contribution in [0.3, 0.4) is 0 Å². The van der Waals surface area contributed by atoms with Crippen LogP contribution in [0.25, 0.3) is 0 Å². The number of benzene rings is 1. The minimum absolute atomic E-state index is 0.00140. The number of ketones is 1. The Morgan fingerprint density at radius 3 is 2.93 bits per heavy atom. The molecule has 0 radical (unpaired) electrons. The quantitative estimate of drug-likeness (QED) is 0.817. The van der Waals surface area contributed by atoms with Crippen LogP contribution in [0.15, 0.2) is 41.2 Å². The molecule has 3 aliphatic rings. The van der Waals surface area contributed by atoms with Crippen molar-refractivity contribution >= 4 is 17.4 Å². The summed E-state index contributed by atoms with van der Waals surface area (Å²) in [5.74, 6) is 1.06. The highest BCUT2D eigenvalue weighted by atomic mass is 16.5. The Morgan fingerprint density at radius 1 is 1.14 bits per heavy atom. The van der Waals surface area contributed by atoms with Gasteiger partial charge in [0.25, 0.3) is 11.5 Å². The number of fused-ring (bicyclic) bond motifs is 5. The molecule has 144 valence electrons. The summed E-state index contributed by atoms with van der Waals surface area (Å²) in [6.07, 6.45) is 1.07. The fourth-order valence-corrected chi connectivity index (χ4v) is 4.68. The first-order valence-electron chi connectivity index (χ1n) is 9.59. The molecule has 1 amide bonds. The van der Waals surface area contributed by atoms with Crippen LogP contribution in [-0.4, -0.2) is 47.4 Å². The Labute approximate surface area is 161 Å². The fourth-order valence-electron chi connectivity index (χ4n) is 4.68. The maximum Gasteiger partial charge on any atom is 0.262 e. The van der Waals surface area contributed by atoms with E-state index in [4.69, 9.17) is 4.74 Å². The molecule has 0 saturated carbocycles. The average Bonchev–Trinajstić information content (AvgIpc) is 2.68. The summed E-state index contributed by atoms with van der Waals surface area (Å²) in [6, 6.07) is 10.6. The maximum atomic E-state index is 12.8. The molecule has 0 aliphatic carbocycles. The lowest BCUT2D eigenvalue weighted by Crippen LogP contribution is -2.48. The van der Waals surface area contributed by atoms with Crippen molar-refractivity contribution in [1.82, 2.24) is 9.47 Å². The standard InChI is InChI=1S/C21H21N3O4/c25-18(14-4-5-19-16(7-14)22-20(26)12-28-19)11-23-8-13-6-15(10-23)17-2-1-3-21(27)24(17)9-13/h1-5,7,13,15H,6,8-12H2,(H,22,26)/t13-,15-/m0/s1. The molecule has 1 fully saturated rings. The van der Waals surface area contributed by atoms with Crippen LogP contribution in [-0.2, 0) is 11.3 Å². The van der Waals surface area contributed by atoms with Gasteiger partial charge in [-0.3, -0.25) is 19.3 Å². The van der Waals surface area contributed by atoms with Gasteiger partial charge < -0.3 is 14.6 Å². The van der Waals surface area contributed by atoms with Crippen molar-refractivity contribution in [3.8, 4) is 5.75 Å². The number of carbonyl (C=O) groups excluding carboxylic acids is 2. The number of nitrogens with zero attached hydrogens (tertiary/aromatic N) is 2. The molecular weight excluding hydrogens is 358 g/mol. The van der Waals surface area contributed by atoms with E-state index >= 15 is 0 Å². The van der Waals surface area contributed by atoms with Crippen LogP contribution in [0, 0.1) is 5.92 Å². The van der Waals surface area contributed by atoms with E-state index < -0.39 is 0 Å². The smallest absolute Gasteiger partial charge is 0.262 e. The molecule has 2 aromatic rings. The molecule has 28 heavy (non-hydrogen) atoms. The Kier molecular flexibility index (Phi) is 4.05. The van der Waals surface area contributed by atoms with E-state index in [2.05, 4.69) is 10.2 Å². The van der Waals surface area contributed by atoms with Crippen LogP contribution in [0.4, 0.5) is 5.69 Å². The van der Waals surface area contributed by atoms with Crippen molar-refractivity contribution in [1.29, 1.82) is 0 Å². The number of hydrogen-bond donors (Lipinski definition) is 1. The van der Waals surface area contributed by atoms with E-state index in [1.807, 2.05) is 16.7 Å². The van der Waals surface area contributed by atoms with E-state index in [-0.39, 0.29) is 29.8 Å².